The summed E-state index contributed by atoms with van der Waals surface area (Å²) in [7, 11) is 1.40. The highest BCUT2D eigenvalue weighted by molar-refractivity contribution is 5.97. The maximum atomic E-state index is 14.1. The molecule has 2 heterocycles. The third kappa shape index (κ3) is 4.26. The Morgan fingerprint density at radius 2 is 2.18 bits per heavy atom. The van der Waals surface area contributed by atoms with Gasteiger partial charge in [-0.25, -0.2) is 13.9 Å². The molecule has 0 radical (unpaired) electrons. The lowest BCUT2D eigenvalue weighted by Gasteiger charge is -2.17. The summed E-state index contributed by atoms with van der Waals surface area (Å²) in [4.78, 5) is 25.2. The van der Waals surface area contributed by atoms with Crippen LogP contribution in [0.3, 0.4) is 0 Å². The van der Waals surface area contributed by atoms with Crippen LogP contribution in [-0.2, 0) is 19.5 Å². The smallest absolute Gasteiger partial charge is 0.345 e. The number of hydrogen-bond donors (Lipinski definition) is 1. The summed E-state index contributed by atoms with van der Waals surface area (Å²) in [5, 5.41) is 7.35. The van der Waals surface area contributed by atoms with E-state index in [2.05, 4.69) is 24.3 Å². The lowest BCUT2D eigenvalue weighted by molar-refractivity contribution is 0.0925. The topological polar surface area (TPSA) is 78.2 Å². The summed E-state index contributed by atoms with van der Waals surface area (Å²) >= 11 is 0. The Hall–Kier alpha value is -2.64. The van der Waals surface area contributed by atoms with Crippen LogP contribution in [0.1, 0.15) is 49.3 Å². The van der Waals surface area contributed by atoms with Crippen molar-refractivity contribution < 1.29 is 13.9 Å². The van der Waals surface area contributed by atoms with Crippen molar-refractivity contribution in [3.63, 3.8) is 0 Å². The van der Waals surface area contributed by atoms with Gasteiger partial charge in [0.25, 0.3) is 5.91 Å². The van der Waals surface area contributed by atoms with Crippen LogP contribution >= 0.6 is 0 Å². The first-order chi connectivity index (χ1) is 13.4. The van der Waals surface area contributed by atoms with E-state index in [1.54, 1.807) is 15.3 Å². The molecule has 7 nitrogen and oxygen atoms in total. The highest BCUT2D eigenvalue weighted by Crippen LogP contribution is 2.22. The van der Waals surface area contributed by atoms with E-state index in [-0.39, 0.29) is 23.0 Å². The van der Waals surface area contributed by atoms with Crippen molar-refractivity contribution in [3.8, 4) is 5.75 Å². The molecule has 1 aliphatic heterocycles. The molecule has 152 valence electrons. The molecule has 0 spiro atoms. The number of carbonyl (C=O) groups is 1. The van der Waals surface area contributed by atoms with Gasteiger partial charge in [0.2, 0.25) is 0 Å². The second-order valence-corrected chi connectivity index (χ2v) is 7.57. The molecular formula is C20H27FN4O3. The Kier molecular flexibility index (Phi) is 6.16. The number of benzene rings is 1. The third-order valence-electron chi connectivity index (χ3n) is 5.09. The van der Waals surface area contributed by atoms with Crippen molar-refractivity contribution in [2.45, 2.75) is 58.7 Å². The van der Waals surface area contributed by atoms with E-state index in [9.17, 15) is 14.0 Å². The fourth-order valence-electron chi connectivity index (χ4n) is 3.45. The zero-order valence-corrected chi connectivity index (χ0v) is 16.6. The van der Waals surface area contributed by atoms with Gasteiger partial charge in [-0.1, -0.05) is 19.9 Å². The Morgan fingerprint density at radius 3 is 2.89 bits per heavy atom. The number of aryl methyl sites for hydroxylation is 2. The number of rotatable bonds is 6. The largest absolute Gasteiger partial charge is 0.496 e. The summed E-state index contributed by atoms with van der Waals surface area (Å²) in [6, 6.07) is 4.13. The average molecular weight is 390 g/mol. The fraction of sp³-hybridized carbons (Fsp3) is 0.550. The van der Waals surface area contributed by atoms with Crippen LogP contribution in [-0.4, -0.2) is 33.4 Å². The van der Waals surface area contributed by atoms with Crippen molar-refractivity contribution in [1.82, 2.24) is 19.7 Å². The van der Waals surface area contributed by atoms with Gasteiger partial charge in [0.1, 0.15) is 23.0 Å². The van der Waals surface area contributed by atoms with Gasteiger partial charge in [0, 0.05) is 25.6 Å². The van der Waals surface area contributed by atoms with Crippen LogP contribution in [0, 0.1) is 11.7 Å². The van der Waals surface area contributed by atoms with Crippen LogP contribution in [0.5, 0.6) is 5.75 Å². The molecule has 0 aliphatic carbocycles. The van der Waals surface area contributed by atoms with Crippen LogP contribution in [0.4, 0.5) is 4.39 Å². The minimum atomic E-state index is -0.619. The van der Waals surface area contributed by atoms with E-state index in [0.29, 0.717) is 38.3 Å². The van der Waals surface area contributed by atoms with E-state index >= 15 is 0 Å². The van der Waals surface area contributed by atoms with Crippen molar-refractivity contribution in [3.05, 3.63) is 45.9 Å². The summed E-state index contributed by atoms with van der Waals surface area (Å²) in [5.74, 6) is 0.324. The maximum absolute atomic E-state index is 14.1. The molecule has 1 unspecified atom stereocenters. The van der Waals surface area contributed by atoms with Gasteiger partial charge < -0.3 is 10.1 Å². The van der Waals surface area contributed by atoms with E-state index in [4.69, 9.17) is 4.74 Å². The molecule has 1 aromatic heterocycles. The van der Waals surface area contributed by atoms with E-state index in [1.807, 2.05) is 0 Å². The molecule has 1 aromatic carbocycles. The fourth-order valence-corrected chi connectivity index (χ4v) is 3.45. The number of nitrogens with one attached hydrogen (secondary N) is 1. The molecule has 1 N–H and O–H groups in total. The summed E-state index contributed by atoms with van der Waals surface area (Å²) in [6.45, 7) is 5.33. The summed E-state index contributed by atoms with van der Waals surface area (Å²) in [6.07, 6.45) is 2.72. The molecule has 8 heteroatoms. The van der Waals surface area contributed by atoms with Crippen molar-refractivity contribution in [1.29, 1.82) is 0 Å². The van der Waals surface area contributed by atoms with E-state index in [1.165, 1.54) is 19.2 Å². The number of fused-ring (bicyclic) bond motifs is 1. The molecular weight excluding hydrogens is 363 g/mol. The van der Waals surface area contributed by atoms with Gasteiger partial charge in [-0.15, -0.1) is 0 Å². The Morgan fingerprint density at radius 1 is 1.39 bits per heavy atom. The van der Waals surface area contributed by atoms with Crippen LogP contribution < -0.4 is 15.7 Å². The Bertz CT molecular complexity index is 903. The number of hydrogen-bond acceptors (Lipinski definition) is 4. The highest BCUT2D eigenvalue weighted by atomic mass is 19.1. The Balaban J connectivity index is 1.68. The molecule has 0 saturated carbocycles. The molecule has 28 heavy (non-hydrogen) atoms. The van der Waals surface area contributed by atoms with Crippen LogP contribution in [0.2, 0.25) is 0 Å². The van der Waals surface area contributed by atoms with Gasteiger partial charge >= 0.3 is 5.69 Å². The van der Waals surface area contributed by atoms with Crippen molar-refractivity contribution >= 4 is 5.91 Å². The quantitative estimate of drug-likeness (QED) is 0.821. The molecule has 1 amide bonds. The summed E-state index contributed by atoms with van der Waals surface area (Å²) < 4.78 is 22.5. The second-order valence-electron chi connectivity index (χ2n) is 7.57. The normalized spacial score (nSPS) is 16.5. The van der Waals surface area contributed by atoms with Gasteiger partial charge in [-0.3, -0.25) is 9.36 Å². The second kappa shape index (κ2) is 8.58. The van der Waals surface area contributed by atoms with Crippen LogP contribution in [0.25, 0.3) is 0 Å². The minimum absolute atomic E-state index is 0.0944. The first kappa shape index (κ1) is 20.1. The predicted molar refractivity (Wildman–Crippen MR) is 103 cm³/mol. The van der Waals surface area contributed by atoms with E-state index < -0.39 is 11.7 Å². The first-order valence-electron chi connectivity index (χ1n) is 9.70. The van der Waals surface area contributed by atoms with Crippen molar-refractivity contribution in [2.75, 3.05) is 7.11 Å². The zero-order chi connectivity index (χ0) is 20.3. The molecule has 0 fully saturated rings. The lowest BCUT2D eigenvalue weighted by atomic mass is 10.1. The highest BCUT2D eigenvalue weighted by Gasteiger charge is 2.24. The summed E-state index contributed by atoms with van der Waals surface area (Å²) in [5.41, 5.74) is -0.193. The molecule has 2 aromatic rings. The van der Waals surface area contributed by atoms with Gasteiger partial charge in [0.05, 0.1) is 7.11 Å². The van der Waals surface area contributed by atoms with Crippen LogP contribution in [0.15, 0.2) is 23.0 Å². The average Bonchev–Trinajstić information content (AvgIpc) is 2.82. The number of methoxy groups -OCH3 is 1. The number of halogens is 1. The van der Waals surface area contributed by atoms with E-state index in [0.717, 1.165) is 12.2 Å². The van der Waals surface area contributed by atoms with Gasteiger partial charge in [0.15, 0.2) is 0 Å². The molecule has 1 atom stereocenters. The molecule has 3 rings (SSSR count). The number of carbonyl (C=O) groups excluding carboxylic acids is 1. The molecule has 0 bridgehead atoms. The zero-order valence-electron chi connectivity index (χ0n) is 16.6. The number of amides is 1. The predicted octanol–water partition coefficient (Wildman–Crippen LogP) is 2.37. The lowest BCUT2D eigenvalue weighted by Crippen LogP contribution is -2.36. The first-order valence-corrected chi connectivity index (χ1v) is 9.70. The Labute approximate surface area is 163 Å². The SMILES string of the molecule is COc1cccc(F)c1C(=O)NC1CCc2nn(CCC(C)C)c(=O)n2CC1. The number of nitrogens with zero attached hydrogens (tertiary/aromatic N) is 3. The van der Waals surface area contributed by atoms with Gasteiger partial charge in [-0.2, -0.15) is 5.10 Å². The number of aromatic nitrogens is 3. The molecule has 1 aliphatic rings. The third-order valence-corrected chi connectivity index (χ3v) is 5.09. The maximum Gasteiger partial charge on any atom is 0.345 e. The molecule has 0 saturated heterocycles. The number of ether oxygens (including phenoxy) is 1. The minimum Gasteiger partial charge on any atom is -0.496 e. The standard InChI is InChI=1S/C20H27FN4O3/c1-13(2)9-12-25-20(27)24-11-10-14(7-8-17(24)23-25)22-19(26)18-15(21)5-4-6-16(18)28-3/h4-6,13-14H,7-12H2,1-3H3,(H,22,26). The van der Waals surface area contributed by atoms with Crippen molar-refractivity contribution in [2.24, 2.45) is 5.92 Å². The monoisotopic (exact) mass is 390 g/mol. The van der Waals surface area contributed by atoms with Gasteiger partial charge in [-0.05, 0) is 37.3 Å².